The van der Waals surface area contributed by atoms with Gasteiger partial charge in [-0.25, -0.2) is 9.59 Å². The first-order valence-corrected chi connectivity index (χ1v) is 7.46. The maximum absolute atomic E-state index is 12.4. The van der Waals surface area contributed by atoms with Crippen molar-refractivity contribution in [3.05, 3.63) is 35.4 Å². The molecule has 0 saturated carbocycles. The van der Waals surface area contributed by atoms with E-state index in [1.807, 2.05) is 46.8 Å². The van der Waals surface area contributed by atoms with E-state index in [2.05, 4.69) is 10.1 Å². The summed E-state index contributed by atoms with van der Waals surface area (Å²) in [5, 5.41) is 2.97. The highest BCUT2D eigenvalue weighted by Crippen LogP contribution is 2.21. The number of hydrogen-bond donors (Lipinski definition) is 1. The normalized spacial score (nSPS) is 12.5. The number of hydrogen-bond acceptors (Lipinski definition) is 3. The molecule has 1 N–H and O–H groups in total. The zero-order chi connectivity index (χ0) is 16.9. The molecular weight excluding hydrogens is 280 g/mol. The molecule has 1 aromatic carbocycles. The summed E-state index contributed by atoms with van der Waals surface area (Å²) in [7, 11) is 1.36. The lowest BCUT2D eigenvalue weighted by Gasteiger charge is -2.32. The lowest BCUT2D eigenvalue weighted by Crippen LogP contribution is -2.49. The van der Waals surface area contributed by atoms with E-state index in [0.29, 0.717) is 12.1 Å². The highest BCUT2D eigenvalue weighted by molar-refractivity contribution is 5.89. The number of rotatable bonds is 4. The maximum atomic E-state index is 12.4. The van der Waals surface area contributed by atoms with Crippen LogP contribution in [-0.2, 0) is 4.74 Å². The van der Waals surface area contributed by atoms with Gasteiger partial charge in [-0.1, -0.05) is 12.1 Å². The van der Waals surface area contributed by atoms with Gasteiger partial charge >= 0.3 is 12.0 Å². The third kappa shape index (κ3) is 4.76. The molecule has 22 heavy (non-hydrogen) atoms. The van der Waals surface area contributed by atoms with Crippen LogP contribution in [0.1, 0.15) is 56.6 Å². The quantitative estimate of drug-likeness (QED) is 0.868. The van der Waals surface area contributed by atoms with Gasteiger partial charge in [0.2, 0.25) is 0 Å². The minimum atomic E-state index is -0.364. The summed E-state index contributed by atoms with van der Waals surface area (Å²) in [6.45, 7) is 10.4. The number of urea groups is 1. The molecular formula is C17H26N2O3. The highest BCUT2D eigenvalue weighted by Gasteiger charge is 2.23. The van der Waals surface area contributed by atoms with Crippen LogP contribution < -0.4 is 5.32 Å². The average Bonchev–Trinajstić information content (AvgIpc) is 2.45. The SMILES string of the molecule is CCN(C(=O)NC(C)(C)C)C(C)c1ccc(C(=O)OC)cc1. The molecule has 5 nitrogen and oxygen atoms in total. The second-order valence-electron chi connectivity index (χ2n) is 6.26. The van der Waals surface area contributed by atoms with Crippen LogP contribution in [-0.4, -0.2) is 36.1 Å². The van der Waals surface area contributed by atoms with Crippen molar-refractivity contribution >= 4 is 12.0 Å². The smallest absolute Gasteiger partial charge is 0.337 e. The summed E-state index contributed by atoms with van der Waals surface area (Å²) in [6, 6.07) is 6.95. The number of nitrogens with zero attached hydrogens (tertiary/aromatic N) is 1. The molecule has 2 amide bonds. The number of carbonyl (C=O) groups is 2. The molecule has 5 heteroatoms. The average molecular weight is 306 g/mol. The Morgan fingerprint density at radius 2 is 1.77 bits per heavy atom. The number of nitrogens with one attached hydrogen (secondary N) is 1. The molecule has 0 fully saturated rings. The number of benzene rings is 1. The topological polar surface area (TPSA) is 58.6 Å². The first kappa shape index (κ1) is 18.0. The summed E-state index contributed by atoms with van der Waals surface area (Å²) in [5.74, 6) is -0.364. The van der Waals surface area contributed by atoms with Crippen molar-refractivity contribution in [1.29, 1.82) is 0 Å². The van der Waals surface area contributed by atoms with Crippen LogP contribution in [0.4, 0.5) is 4.79 Å². The Morgan fingerprint density at radius 1 is 1.23 bits per heavy atom. The van der Waals surface area contributed by atoms with Gasteiger partial charge in [-0.05, 0) is 52.3 Å². The van der Waals surface area contributed by atoms with Crippen molar-refractivity contribution < 1.29 is 14.3 Å². The van der Waals surface area contributed by atoms with Crippen molar-refractivity contribution in [3.63, 3.8) is 0 Å². The maximum Gasteiger partial charge on any atom is 0.337 e. The van der Waals surface area contributed by atoms with E-state index in [1.54, 1.807) is 17.0 Å². The second kappa shape index (κ2) is 7.29. The largest absolute Gasteiger partial charge is 0.465 e. The van der Waals surface area contributed by atoms with Crippen molar-refractivity contribution in [2.24, 2.45) is 0 Å². The fraction of sp³-hybridized carbons (Fsp3) is 0.529. The lowest BCUT2D eigenvalue weighted by atomic mass is 10.0. The molecule has 0 heterocycles. The standard InChI is InChI=1S/C17H26N2O3/c1-7-19(16(21)18-17(3,4)5)12(2)13-8-10-14(11-9-13)15(20)22-6/h8-12H,7H2,1-6H3,(H,18,21). The Bertz CT molecular complexity index is 518. The van der Waals surface area contributed by atoms with E-state index < -0.39 is 0 Å². The van der Waals surface area contributed by atoms with E-state index in [1.165, 1.54) is 7.11 Å². The van der Waals surface area contributed by atoms with Crippen LogP contribution in [0, 0.1) is 0 Å². The van der Waals surface area contributed by atoms with Gasteiger partial charge in [-0.15, -0.1) is 0 Å². The number of amides is 2. The van der Waals surface area contributed by atoms with Crippen LogP contribution in [0.15, 0.2) is 24.3 Å². The van der Waals surface area contributed by atoms with Crippen molar-refractivity contribution in [3.8, 4) is 0 Å². The predicted octanol–water partition coefficient (Wildman–Crippen LogP) is 3.36. The van der Waals surface area contributed by atoms with E-state index in [0.717, 1.165) is 5.56 Å². The number of methoxy groups -OCH3 is 1. The van der Waals surface area contributed by atoms with E-state index in [9.17, 15) is 9.59 Å². The van der Waals surface area contributed by atoms with Gasteiger partial charge < -0.3 is 15.0 Å². The highest BCUT2D eigenvalue weighted by atomic mass is 16.5. The van der Waals surface area contributed by atoms with E-state index in [4.69, 9.17) is 0 Å². The Balaban J connectivity index is 2.90. The monoisotopic (exact) mass is 306 g/mol. The Morgan fingerprint density at radius 3 is 2.18 bits per heavy atom. The van der Waals surface area contributed by atoms with Gasteiger partial charge in [0.05, 0.1) is 18.7 Å². The first-order chi connectivity index (χ1) is 10.2. The van der Waals surface area contributed by atoms with Crippen molar-refractivity contribution in [2.45, 2.75) is 46.2 Å². The summed E-state index contributed by atoms with van der Waals surface area (Å²) in [5.41, 5.74) is 1.19. The van der Waals surface area contributed by atoms with Crippen LogP contribution in [0.2, 0.25) is 0 Å². The molecule has 1 atom stereocenters. The summed E-state index contributed by atoms with van der Waals surface area (Å²) in [6.07, 6.45) is 0. The molecule has 0 spiro atoms. The molecule has 0 radical (unpaired) electrons. The zero-order valence-corrected chi connectivity index (χ0v) is 14.3. The molecule has 0 aliphatic rings. The van der Waals surface area contributed by atoms with Gasteiger partial charge in [0.1, 0.15) is 0 Å². The molecule has 1 rings (SSSR count). The molecule has 1 aromatic rings. The lowest BCUT2D eigenvalue weighted by molar-refractivity contribution is 0.0600. The number of carbonyl (C=O) groups excluding carboxylic acids is 2. The zero-order valence-electron chi connectivity index (χ0n) is 14.3. The van der Waals surface area contributed by atoms with Crippen LogP contribution in [0.5, 0.6) is 0 Å². The second-order valence-corrected chi connectivity index (χ2v) is 6.26. The Labute approximate surface area is 132 Å². The third-order valence-corrected chi connectivity index (χ3v) is 3.37. The summed E-state index contributed by atoms with van der Waals surface area (Å²) < 4.78 is 4.68. The van der Waals surface area contributed by atoms with Crippen LogP contribution >= 0.6 is 0 Å². The number of esters is 1. The van der Waals surface area contributed by atoms with Gasteiger partial charge in [0.15, 0.2) is 0 Å². The van der Waals surface area contributed by atoms with Crippen molar-refractivity contribution in [2.75, 3.05) is 13.7 Å². The molecule has 0 saturated heterocycles. The summed E-state index contributed by atoms with van der Waals surface area (Å²) >= 11 is 0. The molecule has 1 unspecified atom stereocenters. The fourth-order valence-corrected chi connectivity index (χ4v) is 2.18. The van der Waals surface area contributed by atoms with Gasteiger partial charge in [0.25, 0.3) is 0 Å². The molecule has 0 bridgehead atoms. The van der Waals surface area contributed by atoms with Crippen molar-refractivity contribution in [1.82, 2.24) is 10.2 Å². The Kier molecular flexibility index (Phi) is 5.97. The van der Waals surface area contributed by atoms with E-state index >= 15 is 0 Å². The minimum absolute atomic E-state index is 0.0842. The van der Waals surface area contributed by atoms with E-state index in [-0.39, 0.29) is 23.6 Å². The van der Waals surface area contributed by atoms with Gasteiger partial charge in [-0.2, -0.15) is 0 Å². The fourth-order valence-electron chi connectivity index (χ4n) is 2.18. The Hall–Kier alpha value is -2.04. The molecule has 122 valence electrons. The van der Waals surface area contributed by atoms with Gasteiger partial charge in [0, 0.05) is 12.1 Å². The summed E-state index contributed by atoms with van der Waals surface area (Å²) in [4.78, 5) is 25.6. The molecule has 0 aliphatic heterocycles. The van der Waals surface area contributed by atoms with Gasteiger partial charge in [-0.3, -0.25) is 0 Å². The van der Waals surface area contributed by atoms with Crippen LogP contribution in [0.3, 0.4) is 0 Å². The minimum Gasteiger partial charge on any atom is -0.465 e. The molecule has 0 aliphatic carbocycles. The van der Waals surface area contributed by atoms with Crippen LogP contribution in [0.25, 0.3) is 0 Å². The predicted molar refractivity (Wildman–Crippen MR) is 86.9 cm³/mol. The third-order valence-electron chi connectivity index (χ3n) is 3.37. The first-order valence-electron chi connectivity index (χ1n) is 7.46. The number of ether oxygens (including phenoxy) is 1. The molecule has 0 aromatic heterocycles.